The van der Waals surface area contributed by atoms with E-state index in [9.17, 15) is 5.11 Å². The second kappa shape index (κ2) is 6.78. The van der Waals surface area contributed by atoms with Crippen molar-refractivity contribution in [2.75, 3.05) is 26.7 Å². The average Bonchev–Trinajstić information content (AvgIpc) is 2.90. The van der Waals surface area contributed by atoms with Crippen LogP contribution < -0.4 is 10.1 Å². The van der Waals surface area contributed by atoms with Gasteiger partial charge in [-0.3, -0.25) is 0 Å². The Morgan fingerprint density at radius 1 is 1.37 bits per heavy atom. The highest BCUT2D eigenvalue weighted by atomic mass is 16.5. The van der Waals surface area contributed by atoms with Crippen molar-refractivity contribution in [1.29, 1.82) is 0 Å². The molecular weight excluding hydrogens is 240 g/mol. The number of aromatic hydroxyl groups is 1. The molecule has 4 heteroatoms. The molecule has 0 bridgehead atoms. The Morgan fingerprint density at radius 3 is 2.79 bits per heavy atom. The molecule has 1 unspecified atom stereocenters. The second-order valence-electron chi connectivity index (χ2n) is 5.28. The molecule has 1 aliphatic rings. The SMILES string of the molecule is COc1ccc(O)c(CNC(C)CN2CCCC2)c1. The number of methoxy groups -OCH3 is 1. The first-order chi connectivity index (χ1) is 9.19. The molecule has 0 aliphatic carbocycles. The highest BCUT2D eigenvalue weighted by Crippen LogP contribution is 2.22. The molecule has 19 heavy (non-hydrogen) atoms. The van der Waals surface area contributed by atoms with Crippen molar-refractivity contribution >= 4 is 0 Å². The molecule has 1 aliphatic heterocycles. The maximum Gasteiger partial charge on any atom is 0.120 e. The molecule has 1 aromatic rings. The monoisotopic (exact) mass is 264 g/mol. The van der Waals surface area contributed by atoms with Crippen LogP contribution in [0, 0.1) is 0 Å². The number of likely N-dealkylation sites (tertiary alicyclic amines) is 1. The molecule has 4 nitrogen and oxygen atoms in total. The van der Waals surface area contributed by atoms with E-state index in [0.717, 1.165) is 17.9 Å². The number of nitrogens with zero attached hydrogens (tertiary/aromatic N) is 1. The van der Waals surface area contributed by atoms with E-state index in [4.69, 9.17) is 4.74 Å². The summed E-state index contributed by atoms with van der Waals surface area (Å²) in [6, 6.07) is 5.75. The van der Waals surface area contributed by atoms with Crippen LogP contribution in [-0.2, 0) is 6.54 Å². The topological polar surface area (TPSA) is 44.7 Å². The summed E-state index contributed by atoms with van der Waals surface area (Å²) in [6.07, 6.45) is 2.65. The van der Waals surface area contributed by atoms with Crippen molar-refractivity contribution in [2.24, 2.45) is 0 Å². The van der Waals surface area contributed by atoms with E-state index in [0.29, 0.717) is 18.3 Å². The molecule has 1 fully saturated rings. The Kier molecular flexibility index (Phi) is 5.05. The normalized spacial score (nSPS) is 17.6. The number of benzene rings is 1. The molecule has 0 amide bonds. The lowest BCUT2D eigenvalue weighted by Crippen LogP contribution is -2.37. The number of hydrogen-bond acceptors (Lipinski definition) is 4. The predicted octanol–water partition coefficient (Wildman–Crippen LogP) is 1.97. The third-order valence-electron chi connectivity index (χ3n) is 3.66. The lowest BCUT2D eigenvalue weighted by atomic mass is 10.1. The van der Waals surface area contributed by atoms with Crippen LogP contribution >= 0.6 is 0 Å². The van der Waals surface area contributed by atoms with Crippen LogP contribution in [0.3, 0.4) is 0 Å². The number of ether oxygens (including phenoxy) is 1. The Hall–Kier alpha value is -1.26. The van der Waals surface area contributed by atoms with Crippen LogP contribution in [0.5, 0.6) is 11.5 Å². The Morgan fingerprint density at radius 2 is 2.11 bits per heavy atom. The van der Waals surface area contributed by atoms with Gasteiger partial charge in [-0.2, -0.15) is 0 Å². The first kappa shape index (κ1) is 14.2. The van der Waals surface area contributed by atoms with E-state index < -0.39 is 0 Å². The Balaban J connectivity index is 1.83. The summed E-state index contributed by atoms with van der Waals surface area (Å²) in [6.45, 7) is 6.37. The van der Waals surface area contributed by atoms with Crippen molar-refractivity contribution in [3.05, 3.63) is 23.8 Å². The maximum absolute atomic E-state index is 9.82. The summed E-state index contributed by atoms with van der Waals surface area (Å²) in [5, 5.41) is 13.3. The van der Waals surface area contributed by atoms with E-state index in [1.54, 1.807) is 19.2 Å². The summed E-state index contributed by atoms with van der Waals surface area (Å²) in [5.41, 5.74) is 0.882. The van der Waals surface area contributed by atoms with E-state index in [1.807, 2.05) is 6.07 Å². The molecule has 1 heterocycles. The van der Waals surface area contributed by atoms with Crippen molar-refractivity contribution in [3.63, 3.8) is 0 Å². The Bertz CT molecular complexity index is 403. The standard InChI is InChI=1S/C15H24N2O2/c1-12(11-17-7-3-4-8-17)16-10-13-9-14(19-2)5-6-15(13)18/h5-6,9,12,16,18H,3-4,7-8,10-11H2,1-2H3. The highest BCUT2D eigenvalue weighted by Gasteiger charge is 2.14. The van der Waals surface area contributed by atoms with Gasteiger partial charge in [0.1, 0.15) is 11.5 Å². The largest absolute Gasteiger partial charge is 0.508 e. The lowest BCUT2D eigenvalue weighted by molar-refractivity contribution is 0.297. The van der Waals surface area contributed by atoms with Gasteiger partial charge in [-0.05, 0) is 51.1 Å². The molecule has 1 saturated heterocycles. The maximum atomic E-state index is 9.82. The van der Waals surface area contributed by atoms with Crippen molar-refractivity contribution in [2.45, 2.75) is 32.4 Å². The van der Waals surface area contributed by atoms with Gasteiger partial charge < -0.3 is 20.1 Å². The molecule has 0 spiro atoms. The Labute approximate surface area is 115 Å². The van der Waals surface area contributed by atoms with Crippen LogP contribution in [0.1, 0.15) is 25.3 Å². The van der Waals surface area contributed by atoms with Gasteiger partial charge in [0.25, 0.3) is 0 Å². The van der Waals surface area contributed by atoms with Gasteiger partial charge in [-0.1, -0.05) is 0 Å². The minimum Gasteiger partial charge on any atom is -0.508 e. The van der Waals surface area contributed by atoms with Crippen molar-refractivity contribution in [3.8, 4) is 11.5 Å². The smallest absolute Gasteiger partial charge is 0.120 e. The minimum absolute atomic E-state index is 0.321. The van der Waals surface area contributed by atoms with E-state index in [-0.39, 0.29) is 0 Å². The summed E-state index contributed by atoms with van der Waals surface area (Å²) in [4.78, 5) is 2.49. The summed E-state index contributed by atoms with van der Waals surface area (Å²) in [7, 11) is 1.64. The van der Waals surface area contributed by atoms with E-state index in [2.05, 4.69) is 17.1 Å². The van der Waals surface area contributed by atoms with E-state index >= 15 is 0 Å². The zero-order chi connectivity index (χ0) is 13.7. The van der Waals surface area contributed by atoms with Crippen LogP contribution in [0.15, 0.2) is 18.2 Å². The number of phenols is 1. The quantitative estimate of drug-likeness (QED) is 0.824. The van der Waals surface area contributed by atoms with Crippen LogP contribution in [0.2, 0.25) is 0 Å². The van der Waals surface area contributed by atoms with Crippen LogP contribution in [0.4, 0.5) is 0 Å². The van der Waals surface area contributed by atoms with Crippen molar-refractivity contribution < 1.29 is 9.84 Å². The number of nitrogens with one attached hydrogen (secondary N) is 1. The fourth-order valence-corrected chi connectivity index (χ4v) is 2.53. The first-order valence-electron chi connectivity index (χ1n) is 7.00. The predicted molar refractivity (Wildman–Crippen MR) is 76.6 cm³/mol. The zero-order valence-corrected chi connectivity index (χ0v) is 11.9. The van der Waals surface area contributed by atoms with Crippen molar-refractivity contribution in [1.82, 2.24) is 10.2 Å². The molecule has 106 valence electrons. The molecule has 0 radical (unpaired) electrons. The van der Waals surface area contributed by atoms with Gasteiger partial charge in [0.05, 0.1) is 7.11 Å². The average molecular weight is 264 g/mol. The molecule has 1 atom stereocenters. The van der Waals surface area contributed by atoms with Gasteiger partial charge in [0.2, 0.25) is 0 Å². The van der Waals surface area contributed by atoms with E-state index in [1.165, 1.54) is 25.9 Å². The third-order valence-corrected chi connectivity index (χ3v) is 3.66. The fourth-order valence-electron chi connectivity index (χ4n) is 2.53. The third kappa shape index (κ3) is 4.11. The summed E-state index contributed by atoms with van der Waals surface area (Å²) < 4.78 is 5.18. The minimum atomic E-state index is 0.321. The number of rotatable bonds is 6. The number of hydrogen-bond donors (Lipinski definition) is 2. The van der Waals surface area contributed by atoms with Gasteiger partial charge in [0, 0.05) is 24.7 Å². The molecule has 1 aromatic carbocycles. The molecular formula is C15H24N2O2. The van der Waals surface area contributed by atoms with Gasteiger partial charge in [0.15, 0.2) is 0 Å². The molecule has 2 N–H and O–H groups in total. The highest BCUT2D eigenvalue weighted by molar-refractivity contribution is 5.39. The van der Waals surface area contributed by atoms with Gasteiger partial charge >= 0.3 is 0 Å². The summed E-state index contributed by atoms with van der Waals surface area (Å²) in [5.74, 6) is 1.10. The summed E-state index contributed by atoms with van der Waals surface area (Å²) >= 11 is 0. The lowest BCUT2D eigenvalue weighted by Gasteiger charge is -2.21. The number of phenolic OH excluding ortho intramolecular Hbond substituents is 1. The first-order valence-corrected chi connectivity index (χ1v) is 7.00. The van der Waals surface area contributed by atoms with Gasteiger partial charge in [-0.25, -0.2) is 0 Å². The van der Waals surface area contributed by atoms with Gasteiger partial charge in [-0.15, -0.1) is 0 Å². The van der Waals surface area contributed by atoms with Crippen LogP contribution in [-0.4, -0.2) is 42.8 Å². The second-order valence-corrected chi connectivity index (χ2v) is 5.28. The van der Waals surface area contributed by atoms with Crippen LogP contribution in [0.25, 0.3) is 0 Å². The molecule has 0 saturated carbocycles. The fraction of sp³-hybridized carbons (Fsp3) is 0.600. The molecule has 0 aromatic heterocycles. The molecule has 2 rings (SSSR count). The zero-order valence-electron chi connectivity index (χ0n) is 11.9.